The highest BCUT2D eigenvalue weighted by atomic mass is 32.2. The molecule has 0 saturated heterocycles. The molecule has 1 aliphatic heterocycles. The zero-order valence-corrected chi connectivity index (χ0v) is 24.0. The van der Waals surface area contributed by atoms with Gasteiger partial charge < -0.3 is 15.5 Å². The fourth-order valence-electron chi connectivity index (χ4n) is 4.29. The summed E-state index contributed by atoms with van der Waals surface area (Å²) in [4.78, 5) is 22.0. The van der Waals surface area contributed by atoms with Crippen molar-refractivity contribution in [2.45, 2.75) is 33.1 Å². The van der Waals surface area contributed by atoms with Crippen molar-refractivity contribution in [3.63, 3.8) is 0 Å². The molecule has 3 rings (SSSR count). The molecular weight excluding hydrogens is 496 g/mol. The highest BCUT2D eigenvalue weighted by Crippen LogP contribution is 2.33. The van der Waals surface area contributed by atoms with Crippen molar-refractivity contribution in [1.29, 1.82) is 0 Å². The second kappa shape index (κ2) is 14.1. The van der Waals surface area contributed by atoms with Gasteiger partial charge in [0.15, 0.2) is 0 Å². The Labute approximate surface area is 231 Å². The maximum atomic E-state index is 13.3. The lowest BCUT2D eigenvalue weighted by molar-refractivity contribution is -0.127. The van der Waals surface area contributed by atoms with E-state index in [1.807, 2.05) is 34.9 Å². The molecule has 0 atom stereocenters. The summed E-state index contributed by atoms with van der Waals surface area (Å²) in [5.74, 6) is 1.58. The number of nitrogens with two attached hydrogens (primary N) is 1. The Morgan fingerprint density at radius 3 is 2.46 bits per heavy atom. The third kappa shape index (κ3) is 7.79. The Morgan fingerprint density at radius 2 is 1.78 bits per heavy atom. The average Bonchev–Trinajstić information content (AvgIpc) is 3.07. The van der Waals surface area contributed by atoms with Crippen LogP contribution in [0, 0.1) is 0 Å². The molecule has 5 nitrogen and oxygen atoms in total. The maximum Gasteiger partial charge on any atom is 0.250 e. The number of rotatable bonds is 12. The van der Waals surface area contributed by atoms with Crippen molar-refractivity contribution < 1.29 is 4.79 Å². The molecule has 1 amide bonds. The number of thioether (sulfide) groups is 1. The number of hydrogen-bond donors (Lipinski definition) is 1. The minimum absolute atomic E-state index is 0.0495. The van der Waals surface area contributed by atoms with E-state index in [0.717, 1.165) is 71.7 Å². The topological polar surface area (TPSA) is 61.9 Å². The largest absolute Gasteiger partial charge is 0.387 e. The van der Waals surface area contributed by atoms with Gasteiger partial charge in [0.1, 0.15) is 5.84 Å². The number of amidine groups is 1. The fourth-order valence-corrected chi connectivity index (χ4v) is 4.97. The van der Waals surface area contributed by atoms with Crippen molar-refractivity contribution in [3.05, 3.63) is 64.9 Å². The summed E-state index contributed by atoms with van der Waals surface area (Å²) < 4.78 is 0. The first-order chi connectivity index (χ1) is 17.9. The summed E-state index contributed by atoms with van der Waals surface area (Å²) >= 11 is 7.10. The number of carbonyl (C=O) groups is 1. The van der Waals surface area contributed by atoms with Crippen LogP contribution in [0.1, 0.15) is 49.8 Å². The van der Waals surface area contributed by atoms with Crippen LogP contribution in [-0.2, 0) is 4.79 Å². The number of aliphatic imine (C=N–C) groups is 1. The van der Waals surface area contributed by atoms with Crippen LogP contribution in [0.5, 0.6) is 0 Å². The Kier molecular flexibility index (Phi) is 11.0. The summed E-state index contributed by atoms with van der Waals surface area (Å²) in [5, 5.41) is 1.72. The van der Waals surface area contributed by atoms with Gasteiger partial charge in [-0.25, -0.2) is 4.99 Å². The molecule has 7 heteroatoms. The van der Waals surface area contributed by atoms with Crippen LogP contribution in [0.4, 0.5) is 5.69 Å². The van der Waals surface area contributed by atoms with E-state index < -0.39 is 0 Å². The number of carbonyl (C=O) groups excluding carboxylic acids is 1. The molecule has 0 saturated carbocycles. The summed E-state index contributed by atoms with van der Waals surface area (Å²) in [7, 11) is 2.08. The first-order valence-electron chi connectivity index (χ1n) is 12.8. The number of benzene rings is 2. The predicted octanol–water partition coefficient (Wildman–Crippen LogP) is 6.39. The Morgan fingerprint density at radius 1 is 1.08 bits per heavy atom. The maximum absolute atomic E-state index is 13.3. The van der Waals surface area contributed by atoms with Gasteiger partial charge in [-0.15, -0.1) is 0 Å². The van der Waals surface area contributed by atoms with E-state index >= 15 is 0 Å². The van der Waals surface area contributed by atoms with Gasteiger partial charge in [0.25, 0.3) is 0 Å². The van der Waals surface area contributed by atoms with Crippen molar-refractivity contribution in [1.82, 2.24) is 9.80 Å². The minimum Gasteiger partial charge on any atom is -0.387 e. The van der Waals surface area contributed by atoms with Crippen LogP contribution in [0.2, 0.25) is 0 Å². The predicted molar refractivity (Wildman–Crippen MR) is 166 cm³/mol. The van der Waals surface area contributed by atoms with Crippen molar-refractivity contribution in [2.75, 3.05) is 38.7 Å². The van der Waals surface area contributed by atoms with E-state index in [1.54, 1.807) is 5.37 Å². The normalized spacial score (nSPS) is 13.0. The van der Waals surface area contributed by atoms with Crippen molar-refractivity contribution in [2.24, 2.45) is 10.7 Å². The van der Waals surface area contributed by atoms with Crippen LogP contribution in [-0.4, -0.2) is 65.6 Å². The summed E-state index contributed by atoms with van der Waals surface area (Å²) in [6.45, 7) is 6.66. The lowest BCUT2D eigenvalue weighted by atomic mass is 9.97. The monoisotopic (exact) mass is 534 g/mol. The van der Waals surface area contributed by atoms with Gasteiger partial charge in [0.2, 0.25) is 5.91 Å². The molecule has 2 aromatic rings. The number of nitrogens with zero attached hydrogens (tertiary/aromatic N) is 3. The van der Waals surface area contributed by atoms with Crippen LogP contribution in [0.15, 0.2) is 53.2 Å². The average molecular weight is 535 g/mol. The molecule has 0 radical (unpaired) electrons. The number of thiocarbonyl (C=S) groups is 1. The van der Waals surface area contributed by atoms with Crippen molar-refractivity contribution in [3.8, 4) is 11.1 Å². The van der Waals surface area contributed by atoms with E-state index in [1.165, 1.54) is 0 Å². The second-order valence-corrected chi connectivity index (χ2v) is 10.5. The van der Waals surface area contributed by atoms with Crippen LogP contribution >= 0.6 is 24.0 Å². The van der Waals surface area contributed by atoms with Gasteiger partial charge in [0, 0.05) is 55.4 Å². The third-order valence-electron chi connectivity index (χ3n) is 6.25. The van der Waals surface area contributed by atoms with Gasteiger partial charge in [-0.3, -0.25) is 4.79 Å². The Bertz CT molecular complexity index is 1200. The minimum atomic E-state index is 0.0495. The van der Waals surface area contributed by atoms with Gasteiger partial charge in [-0.2, -0.15) is 11.8 Å². The lowest BCUT2D eigenvalue weighted by Crippen LogP contribution is -2.34. The van der Waals surface area contributed by atoms with Crippen LogP contribution in [0.3, 0.4) is 0 Å². The van der Waals surface area contributed by atoms with Crippen molar-refractivity contribution >= 4 is 58.9 Å². The molecule has 0 spiro atoms. The third-order valence-corrected chi connectivity index (χ3v) is 7.09. The molecular formula is C30H38N4OS2. The summed E-state index contributed by atoms with van der Waals surface area (Å²) in [6.07, 6.45) is 10.5. The zero-order valence-electron chi connectivity index (χ0n) is 22.4. The van der Waals surface area contributed by atoms with E-state index in [9.17, 15) is 4.79 Å². The smallest absolute Gasteiger partial charge is 0.250 e. The van der Waals surface area contributed by atoms with E-state index in [2.05, 4.69) is 73.6 Å². The molecule has 2 N–H and O–H groups in total. The molecule has 0 unspecified atom stereocenters. The highest BCUT2D eigenvalue weighted by molar-refractivity contribution is 7.98. The molecule has 0 bridgehead atoms. The van der Waals surface area contributed by atoms with Gasteiger partial charge >= 0.3 is 0 Å². The molecule has 0 aromatic heterocycles. The highest BCUT2D eigenvalue weighted by Gasteiger charge is 2.21. The summed E-state index contributed by atoms with van der Waals surface area (Å²) in [6, 6.07) is 12.4. The second-order valence-electron chi connectivity index (χ2n) is 9.27. The molecule has 37 heavy (non-hydrogen) atoms. The fraction of sp³-hybridized carbons (Fsp3) is 0.367. The van der Waals surface area contributed by atoms with Crippen LogP contribution < -0.4 is 5.73 Å². The number of amides is 1. The van der Waals surface area contributed by atoms with Gasteiger partial charge in [-0.1, -0.05) is 50.3 Å². The van der Waals surface area contributed by atoms with Gasteiger partial charge in [0.05, 0.1) is 5.69 Å². The quantitative estimate of drug-likeness (QED) is 0.320. The molecule has 1 aliphatic rings. The van der Waals surface area contributed by atoms with E-state index in [0.29, 0.717) is 17.8 Å². The number of hydrogen-bond acceptors (Lipinski definition) is 6. The Balaban J connectivity index is 1.94. The first kappa shape index (κ1) is 28.7. The van der Waals surface area contributed by atoms with Gasteiger partial charge in [-0.05, 0) is 71.8 Å². The first-order valence-corrected chi connectivity index (χ1v) is 14.7. The van der Waals surface area contributed by atoms with Crippen LogP contribution in [0.25, 0.3) is 23.3 Å². The number of fused-ring (bicyclic) bond motifs is 1. The van der Waals surface area contributed by atoms with E-state index in [4.69, 9.17) is 18.0 Å². The van der Waals surface area contributed by atoms with E-state index in [-0.39, 0.29) is 5.91 Å². The molecule has 2 aromatic carbocycles. The zero-order chi connectivity index (χ0) is 26.8. The molecule has 0 fully saturated rings. The standard InChI is InChI=1S/C30H38N4OS2/c1-5-12-34(13-6-2)30(35)27-18-25-9-7-23(19-28(25)32-29(31)20-27)22-8-10-26(21-36)24(17-22)11-14-33(3)15-16-37-4/h7-11,14,17-19,21H,5-6,12-13,15-16,20H2,1-4H3,(H2,31,32)/b14-11-. The molecule has 0 aliphatic carbocycles. The lowest BCUT2D eigenvalue weighted by Gasteiger charge is -2.22. The Hall–Kier alpha value is -2.90. The SMILES string of the molecule is CCCN(CCC)C(=O)C1=Cc2ccc(-c3ccc(C=S)c(/C=C\N(C)CCSC)c3)cc2N=C(N)C1. The molecule has 196 valence electrons. The summed E-state index contributed by atoms with van der Waals surface area (Å²) in [5.41, 5.74) is 12.9. The molecule has 1 heterocycles.